The van der Waals surface area contributed by atoms with Crippen LogP contribution in [0.1, 0.15) is 29.7 Å². The number of aryl methyl sites for hydroxylation is 1. The number of rotatable bonds is 5. The number of hydrogen-bond acceptors (Lipinski definition) is 3. The van der Waals surface area contributed by atoms with Crippen LogP contribution in [0.4, 0.5) is 4.79 Å². The third-order valence-corrected chi connectivity index (χ3v) is 4.90. The van der Waals surface area contributed by atoms with Gasteiger partial charge in [-0.15, -0.1) is 11.3 Å². The Bertz CT molecular complexity index is 487. The highest BCUT2D eigenvalue weighted by Gasteiger charge is 2.32. The third-order valence-electron chi connectivity index (χ3n) is 3.88. The molecule has 2 amide bonds. The monoisotopic (exact) mass is 296 g/mol. The number of carbonyl (C=O) groups excluding carboxylic acids is 1. The summed E-state index contributed by atoms with van der Waals surface area (Å²) in [5.41, 5.74) is 1.18. The molecular formula is C14H20N2O3S. The number of aliphatic carboxylic acids is 1. The molecule has 1 aliphatic carbocycles. The quantitative estimate of drug-likeness (QED) is 0.780. The Labute approximate surface area is 122 Å². The number of urea groups is 1. The van der Waals surface area contributed by atoms with E-state index in [0.29, 0.717) is 13.1 Å². The molecule has 5 nitrogen and oxygen atoms in total. The fraction of sp³-hybridized carbons (Fsp3) is 0.571. The third kappa shape index (κ3) is 3.72. The molecule has 0 spiro atoms. The molecule has 1 heterocycles. The number of carbonyl (C=O) groups is 2. The molecule has 0 radical (unpaired) electrons. The fourth-order valence-corrected chi connectivity index (χ4v) is 3.48. The molecule has 2 atom stereocenters. The summed E-state index contributed by atoms with van der Waals surface area (Å²) in [5.74, 6) is -1.000. The van der Waals surface area contributed by atoms with Crippen LogP contribution >= 0.6 is 11.3 Å². The number of hydrogen-bond donors (Lipinski definition) is 3. The van der Waals surface area contributed by atoms with E-state index in [1.165, 1.54) is 5.56 Å². The van der Waals surface area contributed by atoms with Crippen molar-refractivity contribution in [1.29, 1.82) is 0 Å². The molecule has 3 N–H and O–H groups in total. The molecule has 2 rings (SSSR count). The number of thiophene rings is 1. The first-order valence-corrected chi connectivity index (χ1v) is 7.73. The predicted molar refractivity (Wildman–Crippen MR) is 77.8 cm³/mol. The van der Waals surface area contributed by atoms with Gasteiger partial charge in [0, 0.05) is 11.4 Å². The average Bonchev–Trinajstić information content (AvgIpc) is 3.02. The second-order valence-corrected chi connectivity index (χ2v) is 6.23. The first-order valence-electron chi connectivity index (χ1n) is 6.85. The molecular weight excluding hydrogens is 276 g/mol. The van der Waals surface area contributed by atoms with E-state index in [1.54, 1.807) is 11.3 Å². The number of amides is 2. The van der Waals surface area contributed by atoms with E-state index >= 15 is 0 Å². The molecule has 1 aromatic heterocycles. The van der Waals surface area contributed by atoms with Gasteiger partial charge in [-0.3, -0.25) is 4.79 Å². The van der Waals surface area contributed by atoms with E-state index < -0.39 is 5.97 Å². The normalized spacial score (nSPS) is 21.6. The Morgan fingerprint density at radius 2 is 2.20 bits per heavy atom. The van der Waals surface area contributed by atoms with Crippen molar-refractivity contribution in [2.45, 2.75) is 32.7 Å². The highest BCUT2D eigenvalue weighted by atomic mass is 32.1. The average molecular weight is 296 g/mol. The largest absolute Gasteiger partial charge is 0.481 e. The molecule has 110 valence electrons. The molecule has 1 fully saturated rings. The molecule has 20 heavy (non-hydrogen) atoms. The molecule has 0 aromatic carbocycles. The Balaban J connectivity index is 1.72. The predicted octanol–water partition coefficient (Wildman–Crippen LogP) is 2.36. The number of carboxylic acids is 1. The number of nitrogens with one attached hydrogen (secondary N) is 2. The van der Waals surface area contributed by atoms with Crippen molar-refractivity contribution in [3.05, 3.63) is 21.9 Å². The Kier molecular flexibility index (Phi) is 5.00. The van der Waals surface area contributed by atoms with Crippen LogP contribution in [0.3, 0.4) is 0 Å². The molecule has 6 heteroatoms. The zero-order valence-electron chi connectivity index (χ0n) is 11.5. The van der Waals surface area contributed by atoms with Gasteiger partial charge in [-0.25, -0.2) is 4.79 Å². The summed E-state index contributed by atoms with van der Waals surface area (Å²) in [5, 5.41) is 16.7. The summed E-state index contributed by atoms with van der Waals surface area (Å²) in [6.07, 6.45) is 2.53. The molecule has 1 aromatic rings. The lowest BCUT2D eigenvalue weighted by Crippen LogP contribution is -2.39. The van der Waals surface area contributed by atoms with Crippen LogP contribution < -0.4 is 10.6 Å². The summed E-state index contributed by atoms with van der Waals surface area (Å²) >= 11 is 1.62. The van der Waals surface area contributed by atoms with Crippen LogP contribution in [0.25, 0.3) is 0 Å². The maximum Gasteiger partial charge on any atom is 0.315 e. The lowest BCUT2D eigenvalue weighted by Gasteiger charge is -2.16. The topological polar surface area (TPSA) is 78.4 Å². The minimum absolute atomic E-state index is 0.0572. The van der Waals surface area contributed by atoms with Gasteiger partial charge in [0.05, 0.1) is 12.5 Å². The van der Waals surface area contributed by atoms with Crippen LogP contribution in [0, 0.1) is 18.8 Å². The van der Waals surface area contributed by atoms with Crippen molar-refractivity contribution < 1.29 is 14.7 Å². The van der Waals surface area contributed by atoms with Gasteiger partial charge in [0.25, 0.3) is 0 Å². The van der Waals surface area contributed by atoms with E-state index in [0.717, 1.165) is 24.1 Å². The first kappa shape index (κ1) is 14.8. The van der Waals surface area contributed by atoms with E-state index in [9.17, 15) is 9.59 Å². The van der Waals surface area contributed by atoms with Crippen LogP contribution in [-0.2, 0) is 11.3 Å². The first-order chi connectivity index (χ1) is 9.58. The maximum absolute atomic E-state index is 11.7. The zero-order valence-corrected chi connectivity index (χ0v) is 12.3. The van der Waals surface area contributed by atoms with Gasteiger partial charge in [0.1, 0.15) is 0 Å². The van der Waals surface area contributed by atoms with Crippen molar-refractivity contribution in [1.82, 2.24) is 10.6 Å². The van der Waals surface area contributed by atoms with Crippen LogP contribution in [0.5, 0.6) is 0 Å². The molecule has 2 unspecified atom stereocenters. The summed E-state index contributed by atoms with van der Waals surface area (Å²) in [6, 6.07) is 1.80. The van der Waals surface area contributed by atoms with Crippen LogP contribution in [0.15, 0.2) is 11.4 Å². The van der Waals surface area contributed by atoms with Crippen molar-refractivity contribution in [3.63, 3.8) is 0 Å². The van der Waals surface area contributed by atoms with Gasteiger partial charge in [0.2, 0.25) is 0 Å². The Morgan fingerprint density at radius 1 is 1.40 bits per heavy atom. The SMILES string of the molecule is Cc1ccsc1CNC(=O)NCC1CCCC1C(=O)O. The van der Waals surface area contributed by atoms with Gasteiger partial charge in [-0.05, 0) is 42.7 Å². The second kappa shape index (κ2) is 6.74. The minimum atomic E-state index is -0.746. The van der Waals surface area contributed by atoms with Crippen molar-refractivity contribution >= 4 is 23.3 Å². The lowest BCUT2D eigenvalue weighted by molar-refractivity contribution is -0.142. The number of carboxylic acid groups (broad SMARTS) is 1. The van der Waals surface area contributed by atoms with E-state index in [1.807, 2.05) is 18.4 Å². The van der Waals surface area contributed by atoms with Crippen molar-refractivity contribution in [3.8, 4) is 0 Å². The van der Waals surface area contributed by atoms with Gasteiger partial charge in [0.15, 0.2) is 0 Å². The van der Waals surface area contributed by atoms with E-state index in [-0.39, 0.29) is 17.9 Å². The summed E-state index contributed by atoms with van der Waals surface area (Å²) in [4.78, 5) is 23.9. The maximum atomic E-state index is 11.7. The summed E-state index contributed by atoms with van der Waals surface area (Å²) in [6.45, 7) is 2.97. The Hall–Kier alpha value is -1.56. The van der Waals surface area contributed by atoms with Crippen molar-refractivity contribution in [2.75, 3.05) is 6.54 Å². The summed E-state index contributed by atoms with van der Waals surface area (Å²) in [7, 11) is 0. The van der Waals surface area contributed by atoms with Gasteiger partial charge < -0.3 is 15.7 Å². The highest BCUT2D eigenvalue weighted by molar-refractivity contribution is 7.10. The van der Waals surface area contributed by atoms with Gasteiger partial charge >= 0.3 is 12.0 Å². The molecule has 0 aliphatic heterocycles. The van der Waals surface area contributed by atoms with E-state index in [2.05, 4.69) is 10.6 Å². The van der Waals surface area contributed by atoms with Gasteiger partial charge in [-0.2, -0.15) is 0 Å². The lowest BCUT2D eigenvalue weighted by atomic mass is 9.96. The van der Waals surface area contributed by atoms with Crippen LogP contribution in [-0.4, -0.2) is 23.7 Å². The molecule has 0 bridgehead atoms. The smallest absolute Gasteiger partial charge is 0.315 e. The van der Waals surface area contributed by atoms with Crippen LogP contribution in [0.2, 0.25) is 0 Å². The van der Waals surface area contributed by atoms with Gasteiger partial charge in [-0.1, -0.05) is 6.42 Å². The van der Waals surface area contributed by atoms with Crippen molar-refractivity contribution in [2.24, 2.45) is 11.8 Å². The fourth-order valence-electron chi connectivity index (χ4n) is 2.64. The minimum Gasteiger partial charge on any atom is -0.481 e. The van der Waals surface area contributed by atoms with E-state index in [4.69, 9.17) is 5.11 Å². The second-order valence-electron chi connectivity index (χ2n) is 5.23. The highest BCUT2D eigenvalue weighted by Crippen LogP contribution is 2.31. The Morgan fingerprint density at radius 3 is 2.85 bits per heavy atom. The zero-order chi connectivity index (χ0) is 14.5. The standard InChI is InChI=1S/C14H20N2O3S/c1-9-5-6-20-12(9)8-16-14(19)15-7-10-3-2-4-11(10)13(17)18/h5-6,10-11H,2-4,7-8H2,1H3,(H,17,18)(H2,15,16,19). The molecule has 1 aliphatic rings. The molecule has 0 saturated heterocycles. The molecule has 1 saturated carbocycles. The summed E-state index contributed by atoms with van der Waals surface area (Å²) < 4.78 is 0.